The Bertz CT molecular complexity index is 570. The molecule has 1 fully saturated rings. The number of nitrogens with two attached hydrogens (primary N) is 1. The van der Waals surface area contributed by atoms with Crippen LogP contribution in [0.1, 0.15) is 25.0 Å². The molecule has 6 nitrogen and oxygen atoms in total. The second kappa shape index (κ2) is 5.13. The van der Waals surface area contributed by atoms with Crippen LogP contribution in [-0.4, -0.2) is 32.6 Å². The van der Waals surface area contributed by atoms with Crippen LogP contribution in [0.2, 0.25) is 0 Å². The monoisotopic (exact) mass is 260 g/mol. The molecule has 0 spiro atoms. The van der Waals surface area contributed by atoms with Gasteiger partial charge in [-0.15, -0.1) is 0 Å². The average Bonchev–Trinajstić information content (AvgIpc) is 2.81. The largest absolute Gasteiger partial charge is 0.368 e. The minimum absolute atomic E-state index is 0.327. The summed E-state index contributed by atoms with van der Waals surface area (Å²) in [5, 5.41) is 3.40. The van der Waals surface area contributed by atoms with Crippen LogP contribution in [0.5, 0.6) is 0 Å². The zero-order valence-corrected chi connectivity index (χ0v) is 11.3. The third-order valence-corrected chi connectivity index (χ3v) is 3.89. The van der Waals surface area contributed by atoms with Crippen LogP contribution in [0, 0.1) is 12.8 Å². The summed E-state index contributed by atoms with van der Waals surface area (Å²) in [6.07, 6.45) is 5.56. The lowest BCUT2D eigenvalue weighted by molar-refractivity contribution is 0.339. The highest BCUT2D eigenvalue weighted by atomic mass is 15.1. The quantitative estimate of drug-likeness (QED) is 0.864. The SMILES string of the molecule is Cc1nc(N)nc2c1ncn2CCC1CCNCC1. The zero-order chi connectivity index (χ0) is 13.2. The van der Waals surface area contributed by atoms with Gasteiger partial charge in [-0.25, -0.2) is 9.97 Å². The minimum Gasteiger partial charge on any atom is -0.368 e. The van der Waals surface area contributed by atoms with Gasteiger partial charge in [0.05, 0.1) is 12.0 Å². The first-order valence-corrected chi connectivity index (χ1v) is 6.89. The Morgan fingerprint density at radius 1 is 1.37 bits per heavy atom. The molecule has 3 heterocycles. The Labute approximate surface area is 112 Å². The second-order valence-corrected chi connectivity index (χ2v) is 5.26. The number of imidazole rings is 1. The highest BCUT2D eigenvalue weighted by molar-refractivity contribution is 5.74. The number of fused-ring (bicyclic) bond motifs is 1. The number of rotatable bonds is 3. The number of nitrogens with zero attached hydrogens (tertiary/aromatic N) is 4. The van der Waals surface area contributed by atoms with E-state index in [0.717, 1.165) is 42.4 Å². The van der Waals surface area contributed by atoms with Crippen LogP contribution in [0.3, 0.4) is 0 Å². The van der Waals surface area contributed by atoms with Crippen LogP contribution < -0.4 is 11.1 Å². The molecular formula is C13H20N6. The van der Waals surface area contributed by atoms with E-state index >= 15 is 0 Å². The van der Waals surface area contributed by atoms with Gasteiger partial charge in [0.2, 0.25) is 5.95 Å². The van der Waals surface area contributed by atoms with Crippen molar-refractivity contribution in [3.05, 3.63) is 12.0 Å². The van der Waals surface area contributed by atoms with Gasteiger partial charge in [0.25, 0.3) is 0 Å². The van der Waals surface area contributed by atoms with Crippen LogP contribution in [-0.2, 0) is 6.54 Å². The smallest absolute Gasteiger partial charge is 0.222 e. The van der Waals surface area contributed by atoms with E-state index in [4.69, 9.17) is 5.73 Å². The Balaban J connectivity index is 1.77. The van der Waals surface area contributed by atoms with E-state index in [9.17, 15) is 0 Å². The Hall–Kier alpha value is -1.69. The van der Waals surface area contributed by atoms with Gasteiger partial charge in [-0.05, 0) is 45.2 Å². The van der Waals surface area contributed by atoms with Gasteiger partial charge in [0.1, 0.15) is 5.52 Å². The fraction of sp³-hybridized carbons (Fsp3) is 0.615. The number of nitrogens with one attached hydrogen (secondary N) is 1. The molecule has 2 aromatic rings. The van der Waals surface area contributed by atoms with Crippen LogP contribution in [0.25, 0.3) is 11.2 Å². The molecule has 1 aliphatic heterocycles. The molecule has 0 bridgehead atoms. The van der Waals surface area contributed by atoms with Crippen molar-refractivity contribution in [2.45, 2.75) is 32.7 Å². The van der Waals surface area contributed by atoms with Crippen molar-refractivity contribution in [3.8, 4) is 0 Å². The zero-order valence-electron chi connectivity index (χ0n) is 11.3. The van der Waals surface area contributed by atoms with Crippen molar-refractivity contribution in [1.82, 2.24) is 24.8 Å². The summed E-state index contributed by atoms with van der Waals surface area (Å²) >= 11 is 0. The van der Waals surface area contributed by atoms with E-state index in [2.05, 4.69) is 24.8 Å². The van der Waals surface area contributed by atoms with Crippen molar-refractivity contribution in [2.24, 2.45) is 5.92 Å². The molecule has 0 aliphatic carbocycles. The standard InChI is InChI=1S/C13H20N6/c1-9-11-12(18-13(14)17-9)19(8-16-11)7-4-10-2-5-15-6-3-10/h8,10,15H,2-7H2,1H3,(H2,14,17,18). The minimum atomic E-state index is 0.327. The Morgan fingerprint density at radius 2 is 2.16 bits per heavy atom. The Morgan fingerprint density at radius 3 is 2.95 bits per heavy atom. The van der Waals surface area contributed by atoms with Crippen molar-refractivity contribution >= 4 is 17.1 Å². The summed E-state index contributed by atoms with van der Waals surface area (Å²) < 4.78 is 2.10. The molecule has 3 rings (SSSR count). The molecule has 1 saturated heterocycles. The summed E-state index contributed by atoms with van der Waals surface area (Å²) in [7, 11) is 0. The van der Waals surface area contributed by atoms with E-state index < -0.39 is 0 Å². The normalized spacial score (nSPS) is 17.1. The van der Waals surface area contributed by atoms with Crippen molar-refractivity contribution in [1.29, 1.82) is 0 Å². The topological polar surface area (TPSA) is 81.7 Å². The molecule has 102 valence electrons. The molecular weight excluding hydrogens is 240 g/mol. The molecule has 0 unspecified atom stereocenters. The molecule has 19 heavy (non-hydrogen) atoms. The molecule has 3 N–H and O–H groups in total. The van der Waals surface area contributed by atoms with E-state index in [1.807, 2.05) is 13.3 Å². The van der Waals surface area contributed by atoms with E-state index in [1.54, 1.807) is 0 Å². The summed E-state index contributed by atoms with van der Waals surface area (Å²) in [5.41, 5.74) is 8.29. The second-order valence-electron chi connectivity index (χ2n) is 5.26. The first-order valence-electron chi connectivity index (χ1n) is 6.89. The van der Waals surface area contributed by atoms with Gasteiger partial charge in [0.15, 0.2) is 5.65 Å². The van der Waals surface area contributed by atoms with Gasteiger partial charge in [-0.3, -0.25) is 0 Å². The molecule has 0 atom stereocenters. The maximum absolute atomic E-state index is 5.72. The molecule has 1 aliphatic rings. The van der Waals surface area contributed by atoms with Crippen molar-refractivity contribution in [3.63, 3.8) is 0 Å². The number of nitrogen functional groups attached to an aromatic ring is 1. The number of piperidine rings is 1. The summed E-state index contributed by atoms with van der Waals surface area (Å²) in [6, 6.07) is 0. The fourth-order valence-electron chi connectivity index (χ4n) is 2.76. The maximum Gasteiger partial charge on any atom is 0.222 e. The van der Waals surface area contributed by atoms with Gasteiger partial charge < -0.3 is 15.6 Å². The van der Waals surface area contributed by atoms with Gasteiger partial charge in [-0.1, -0.05) is 0 Å². The molecule has 0 saturated carbocycles. The number of hydrogen-bond donors (Lipinski definition) is 2. The number of aromatic nitrogens is 4. The maximum atomic E-state index is 5.72. The molecule has 2 aromatic heterocycles. The predicted octanol–water partition coefficient (Wildman–Crippen LogP) is 1.11. The molecule has 0 amide bonds. The van der Waals surface area contributed by atoms with Gasteiger partial charge in [-0.2, -0.15) is 4.98 Å². The molecule has 0 aromatic carbocycles. The molecule has 6 heteroatoms. The lowest BCUT2D eigenvalue weighted by atomic mass is 9.95. The third-order valence-electron chi connectivity index (χ3n) is 3.89. The summed E-state index contributed by atoms with van der Waals surface area (Å²) in [5.74, 6) is 1.13. The van der Waals surface area contributed by atoms with Crippen molar-refractivity contribution < 1.29 is 0 Å². The van der Waals surface area contributed by atoms with Crippen LogP contribution in [0.15, 0.2) is 6.33 Å². The first kappa shape index (κ1) is 12.3. The fourth-order valence-corrected chi connectivity index (χ4v) is 2.76. The van der Waals surface area contributed by atoms with E-state index in [0.29, 0.717) is 5.95 Å². The highest BCUT2D eigenvalue weighted by Crippen LogP contribution is 2.19. The predicted molar refractivity (Wildman–Crippen MR) is 74.7 cm³/mol. The third kappa shape index (κ3) is 2.53. The van der Waals surface area contributed by atoms with Crippen LogP contribution >= 0.6 is 0 Å². The molecule has 0 radical (unpaired) electrons. The lowest BCUT2D eigenvalue weighted by Crippen LogP contribution is -2.28. The summed E-state index contributed by atoms with van der Waals surface area (Å²) in [6.45, 7) is 5.16. The highest BCUT2D eigenvalue weighted by Gasteiger charge is 2.14. The van der Waals surface area contributed by atoms with Crippen LogP contribution in [0.4, 0.5) is 5.95 Å². The number of anilines is 1. The van der Waals surface area contributed by atoms with Gasteiger partial charge >= 0.3 is 0 Å². The first-order chi connectivity index (χ1) is 9.24. The van der Waals surface area contributed by atoms with E-state index in [-0.39, 0.29) is 0 Å². The average molecular weight is 260 g/mol. The summed E-state index contributed by atoms with van der Waals surface area (Å²) in [4.78, 5) is 12.9. The number of hydrogen-bond acceptors (Lipinski definition) is 5. The van der Waals surface area contributed by atoms with E-state index in [1.165, 1.54) is 19.3 Å². The van der Waals surface area contributed by atoms with Gasteiger partial charge in [0, 0.05) is 6.54 Å². The Kier molecular flexibility index (Phi) is 3.33. The van der Waals surface area contributed by atoms with Crippen molar-refractivity contribution in [2.75, 3.05) is 18.8 Å². The lowest BCUT2D eigenvalue weighted by Gasteiger charge is -2.22. The number of aryl methyl sites for hydroxylation is 2.